The van der Waals surface area contributed by atoms with E-state index in [1.807, 2.05) is 12.1 Å². The Bertz CT molecular complexity index is 1510. The van der Waals surface area contributed by atoms with Crippen molar-refractivity contribution in [2.24, 2.45) is 0 Å². The van der Waals surface area contributed by atoms with E-state index >= 15 is 0 Å². The number of halogens is 1. The van der Waals surface area contributed by atoms with Crippen LogP contribution in [0, 0.1) is 5.82 Å². The van der Waals surface area contributed by atoms with Crippen molar-refractivity contribution in [3.05, 3.63) is 123 Å². The number of ketones is 1. The van der Waals surface area contributed by atoms with Gasteiger partial charge in [-0.25, -0.2) is 4.39 Å². The number of fused-ring (bicyclic) bond motifs is 1. The van der Waals surface area contributed by atoms with Crippen LogP contribution in [0.1, 0.15) is 44.5 Å². The fourth-order valence-electron chi connectivity index (χ4n) is 4.63. The molecule has 1 aliphatic heterocycles. The normalized spacial score (nSPS) is 12.8. The van der Waals surface area contributed by atoms with E-state index in [4.69, 9.17) is 0 Å². The van der Waals surface area contributed by atoms with Crippen LogP contribution in [0.3, 0.4) is 0 Å². The zero-order valence-electron chi connectivity index (χ0n) is 19.8. The predicted octanol–water partition coefficient (Wildman–Crippen LogP) is 4.50. The molecule has 36 heavy (non-hydrogen) atoms. The number of hydrogen-bond acceptors (Lipinski definition) is 4. The number of pyridine rings is 2. The van der Waals surface area contributed by atoms with Gasteiger partial charge in [0.05, 0.1) is 12.1 Å². The quantitative estimate of drug-likeness (QED) is 0.394. The Balaban J connectivity index is 1.55. The van der Waals surface area contributed by atoms with Crippen LogP contribution in [-0.4, -0.2) is 32.7 Å². The Morgan fingerprint density at radius 3 is 2.33 bits per heavy atom. The van der Waals surface area contributed by atoms with E-state index in [9.17, 15) is 18.8 Å². The Hall–Kier alpha value is -4.39. The Morgan fingerprint density at radius 1 is 0.944 bits per heavy atom. The van der Waals surface area contributed by atoms with Crippen LogP contribution >= 0.6 is 0 Å². The van der Waals surface area contributed by atoms with Crippen LogP contribution in [-0.2, 0) is 19.5 Å². The molecule has 0 saturated carbocycles. The van der Waals surface area contributed by atoms with Gasteiger partial charge in [-0.15, -0.1) is 0 Å². The second kappa shape index (κ2) is 9.70. The molecule has 180 valence electrons. The summed E-state index contributed by atoms with van der Waals surface area (Å²) in [5.74, 6) is -0.692. The van der Waals surface area contributed by atoms with Crippen LogP contribution in [0.25, 0.3) is 11.1 Å². The molecule has 0 radical (unpaired) electrons. The molecule has 0 saturated heterocycles. The molecule has 1 amide bonds. The maximum atomic E-state index is 14.7. The van der Waals surface area contributed by atoms with Crippen molar-refractivity contribution in [1.29, 1.82) is 0 Å². The van der Waals surface area contributed by atoms with Gasteiger partial charge in [0.2, 0.25) is 0 Å². The summed E-state index contributed by atoms with van der Waals surface area (Å²) >= 11 is 0. The van der Waals surface area contributed by atoms with Crippen molar-refractivity contribution >= 4 is 11.7 Å². The molecular formula is C29H24FN3O3. The van der Waals surface area contributed by atoms with Crippen LogP contribution in [0.4, 0.5) is 4.39 Å². The standard InChI is InChI=1S/C29H24FN3O3/c1-19(34)21-6-8-22(9-7-21)28(35)32-15-12-27-23(18-32)16-25(24-4-2-3-5-26(24)30)29(36)33(27)17-20-10-13-31-14-11-20/h2-11,13-14,16H,12,15,17-18H2,1H3. The number of amides is 1. The molecule has 0 atom stereocenters. The van der Waals surface area contributed by atoms with Gasteiger partial charge in [-0.2, -0.15) is 0 Å². The molecular weight excluding hydrogens is 457 g/mol. The van der Waals surface area contributed by atoms with Crippen molar-refractivity contribution in [2.45, 2.75) is 26.4 Å². The fraction of sp³-hybridized carbons (Fsp3) is 0.172. The van der Waals surface area contributed by atoms with Crippen molar-refractivity contribution in [2.75, 3.05) is 6.54 Å². The Labute approximate surface area is 207 Å². The van der Waals surface area contributed by atoms with Gasteiger partial charge in [-0.3, -0.25) is 19.4 Å². The fourth-order valence-corrected chi connectivity index (χ4v) is 4.63. The second-order valence-electron chi connectivity index (χ2n) is 8.87. The number of rotatable bonds is 5. The molecule has 7 heteroatoms. The van der Waals surface area contributed by atoms with E-state index in [-0.39, 0.29) is 28.4 Å². The molecule has 0 spiro atoms. The van der Waals surface area contributed by atoms with E-state index in [1.165, 1.54) is 13.0 Å². The van der Waals surface area contributed by atoms with E-state index < -0.39 is 5.82 Å². The van der Waals surface area contributed by atoms with Crippen molar-refractivity contribution < 1.29 is 14.0 Å². The Morgan fingerprint density at radius 2 is 1.64 bits per heavy atom. The summed E-state index contributed by atoms with van der Waals surface area (Å²) in [6, 6.07) is 18.2. The number of benzene rings is 2. The highest BCUT2D eigenvalue weighted by Gasteiger charge is 2.26. The first kappa shape index (κ1) is 23.4. The SMILES string of the molecule is CC(=O)c1ccc(C(=O)N2CCc3c(cc(-c4ccccc4F)c(=O)n3Cc3ccncc3)C2)cc1. The highest BCUT2D eigenvalue weighted by atomic mass is 19.1. The number of carbonyl (C=O) groups excluding carboxylic acids is 2. The largest absolute Gasteiger partial charge is 0.334 e. The van der Waals surface area contributed by atoms with E-state index in [0.29, 0.717) is 37.2 Å². The summed E-state index contributed by atoms with van der Waals surface area (Å²) < 4.78 is 16.4. The van der Waals surface area contributed by atoms with Gasteiger partial charge in [-0.1, -0.05) is 30.3 Å². The molecule has 2 aromatic carbocycles. The minimum Gasteiger partial charge on any atom is -0.334 e. The lowest BCUT2D eigenvalue weighted by molar-refractivity contribution is 0.0731. The van der Waals surface area contributed by atoms with Crippen LogP contribution < -0.4 is 5.56 Å². The molecule has 0 fully saturated rings. The average molecular weight is 482 g/mol. The highest BCUT2D eigenvalue weighted by Crippen LogP contribution is 2.27. The number of aromatic nitrogens is 2. The second-order valence-corrected chi connectivity index (χ2v) is 8.87. The average Bonchev–Trinajstić information content (AvgIpc) is 2.90. The third kappa shape index (κ3) is 4.47. The Kier molecular flexibility index (Phi) is 6.29. The van der Waals surface area contributed by atoms with Crippen molar-refractivity contribution in [3.8, 4) is 11.1 Å². The van der Waals surface area contributed by atoms with E-state index in [2.05, 4.69) is 4.98 Å². The molecule has 3 heterocycles. The lowest BCUT2D eigenvalue weighted by atomic mass is 9.98. The first-order valence-corrected chi connectivity index (χ1v) is 11.7. The number of hydrogen-bond donors (Lipinski definition) is 0. The molecule has 0 N–H and O–H groups in total. The zero-order chi connectivity index (χ0) is 25.2. The summed E-state index contributed by atoms with van der Waals surface area (Å²) in [5, 5.41) is 0. The molecule has 5 rings (SSSR count). The van der Waals surface area contributed by atoms with Crippen molar-refractivity contribution in [3.63, 3.8) is 0 Å². The van der Waals surface area contributed by atoms with Gasteiger partial charge in [0, 0.05) is 54.3 Å². The minimum atomic E-state index is -0.473. The van der Waals surface area contributed by atoms with Gasteiger partial charge >= 0.3 is 0 Å². The van der Waals surface area contributed by atoms with E-state index in [1.54, 1.807) is 70.4 Å². The summed E-state index contributed by atoms with van der Waals surface area (Å²) in [6.45, 7) is 2.54. The highest BCUT2D eigenvalue weighted by molar-refractivity contribution is 5.97. The minimum absolute atomic E-state index is 0.0614. The first-order chi connectivity index (χ1) is 17.4. The first-order valence-electron chi connectivity index (χ1n) is 11.7. The maximum absolute atomic E-state index is 14.7. The van der Waals surface area contributed by atoms with Crippen LogP contribution in [0.5, 0.6) is 0 Å². The summed E-state index contributed by atoms with van der Waals surface area (Å²) in [7, 11) is 0. The predicted molar refractivity (Wildman–Crippen MR) is 134 cm³/mol. The third-order valence-corrected chi connectivity index (χ3v) is 6.55. The van der Waals surface area contributed by atoms with Gasteiger partial charge in [0.1, 0.15) is 5.82 Å². The van der Waals surface area contributed by atoms with Gasteiger partial charge in [-0.05, 0) is 54.4 Å². The number of carbonyl (C=O) groups is 2. The van der Waals surface area contributed by atoms with Crippen molar-refractivity contribution in [1.82, 2.24) is 14.5 Å². The monoisotopic (exact) mass is 481 g/mol. The summed E-state index contributed by atoms with van der Waals surface area (Å²) in [5.41, 5.74) is 3.82. The smallest absolute Gasteiger partial charge is 0.259 e. The molecule has 1 aliphatic rings. The van der Waals surface area contributed by atoms with E-state index in [0.717, 1.165) is 16.8 Å². The van der Waals surface area contributed by atoms with Gasteiger partial charge in [0.25, 0.3) is 11.5 Å². The van der Waals surface area contributed by atoms with Crippen LogP contribution in [0.2, 0.25) is 0 Å². The zero-order valence-corrected chi connectivity index (χ0v) is 19.8. The van der Waals surface area contributed by atoms with Gasteiger partial charge < -0.3 is 9.47 Å². The van der Waals surface area contributed by atoms with Gasteiger partial charge in [0.15, 0.2) is 5.78 Å². The molecule has 4 aromatic rings. The molecule has 0 bridgehead atoms. The molecule has 2 aromatic heterocycles. The third-order valence-electron chi connectivity index (χ3n) is 6.55. The number of Topliss-reactive ketones (excluding diaryl/α,β-unsaturated/α-hetero) is 1. The maximum Gasteiger partial charge on any atom is 0.259 e. The number of nitrogens with zero attached hydrogens (tertiary/aromatic N) is 3. The molecule has 6 nitrogen and oxygen atoms in total. The lowest BCUT2D eigenvalue weighted by Crippen LogP contribution is -2.39. The summed E-state index contributed by atoms with van der Waals surface area (Å²) in [6.07, 6.45) is 3.83. The molecule has 0 aliphatic carbocycles. The molecule has 0 unspecified atom stereocenters. The summed E-state index contributed by atoms with van der Waals surface area (Å²) in [4.78, 5) is 44.2. The van der Waals surface area contributed by atoms with Crippen LogP contribution in [0.15, 0.2) is 83.9 Å². The topological polar surface area (TPSA) is 72.3 Å². The lowest BCUT2D eigenvalue weighted by Gasteiger charge is -2.31.